The quantitative estimate of drug-likeness (QED) is 0.656. The van der Waals surface area contributed by atoms with Gasteiger partial charge in [0.2, 0.25) is 5.91 Å². The van der Waals surface area contributed by atoms with Gasteiger partial charge in [-0.15, -0.1) is 11.3 Å². The van der Waals surface area contributed by atoms with E-state index in [1.807, 2.05) is 43.5 Å². The van der Waals surface area contributed by atoms with Gasteiger partial charge in [0.05, 0.1) is 5.69 Å². The van der Waals surface area contributed by atoms with Crippen molar-refractivity contribution >= 4 is 28.2 Å². The van der Waals surface area contributed by atoms with Crippen LogP contribution in [0.25, 0.3) is 11.3 Å². The zero-order valence-corrected chi connectivity index (χ0v) is 14.9. The molecule has 2 aromatic heterocycles. The van der Waals surface area contributed by atoms with Gasteiger partial charge in [-0.25, -0.2) is 4.98 Å². The third kappa shape index (κ3) is 4.22. The smallest absolute Gasteiger partial charge is 0.226 e. The van der Waals surface area contributed by atoms with Crippen molar-refractivity contribution in [3.8, 4) is 11.3 Å². The Kier molecular flexibility index (Phi) is 5.09. The van der Waals surface area contributed by atoms with Gasteiger partial charge in [-0.2, -0.15) is 0 Å². The van der Waals surface area contributed by atoms with Crippen LogP contribution in [0.5, 0.6) is 0 Å². The van der Waals surface area contributed by atoms with Gasteiger partial charge in [-0.3, -0.25) is 9.59 Å². The van der Waals surface area contributed by atoms with Crippen LogP contribution in [0.15, 0.2) is 46.2 Å². The SMILES string of the molecule is Cc1cc(-c2csc(NC(=O)CCC(=O)c3ccccc3)n2)c(C)o1. The lowest BCUT2D eigenvalue weighted by Gasteiger charge is -2.02. The van der Waals surface area contributed by atoms with E-state index in [1.165, 1.54) is 11.3 Å². The Labute approximate surface area is 149 Å². The molecule has 0 aliphatic heterocycles. The minimum absolute atomic E-state index is 0.0416. The van der Waals surface area contributed by atoms with E-state index < -0.39 is 0 Å². The van der Waals surface area contributed by atoms with Crippen LogP contribution < -0.4 is 5.32 Å². The first kappa shape index (κ1) is 17.1. The fourth-order valence-electron chi connectivity index (χ4n) is 2.52. The van der Waals surface area contributed by atoms with Gasteiger partial charge >= 0.3 is 0 Å². The maximum atomic E-state index is 12.0. The Morgan fingerprint density at radius 3 is 2.60 bits per heavy atom. The number of hydrogen-bond donors (Lipinski definition) is 1. The summed E-state index contributed by atoms with van der Waals surface area (Å²) < 4.78 is 5.51. The molecule has 0 aliphatic rings. The number of aromatic nitrogens is 1. The number of benzene rings is 1. The Morgan fingerprint density at radius 1 is 1.16 bits per heavy atom. The number of aryl methyl sites for hydroxylation is 2. The fourth-order valence-corrected chi connectivity index (χ4v) is 3.24. The molecular weight excluding hydrogens is 336 g/mol. The van der Waals surface area contributed by atoms with Gasteiger partial charge in [-0.1, -0.05) is 30.3 Å². The molecule has 5 nitrogen and oxygen atoms in total. The minimum Gasteiger partial charge on any atom is -0.466 e. The molecule has 0 atom stereocenters. The lowest BCUT2D eigenvalue weighted by atomic mass is 10.1. The third-order valence-corrected chi connectivity index (χ3v) is 4.50. The number of carbonyl (C=O) groups excluding carboxylic acids is 2. The van der Waals surface area contributed by atoms with Crippen molar-refractivity contribution in [3.63, 3.8) is 0 Å². The zero-order valence-electron chi connectivity index (χ0n) is 14.0. The summed E-state index contributed by atoms with van der Waals surface area (Å²) in [5, 5.41) is 5.15. The fraction of sp³-hybridized carbons (Fsp3) is 0.211. The van der Waals surface area contributed by atoms with Crippen LogP contribution in [0, 0.1) is 13.8 Å². The van der Waals surface area contributed by atoms with E-state index >= 15 is 0 Å². The van der Waals surface area contributed by atoms with Crippen molar-refractivity contribution in [3.05, 3.63) is 58.9 Å². The van der Waals surface area contributed by atoms with Crippen LogP contribution in [-0.4, -0.2) is 16.7 Å². The first-order chi connectivity index (χ1) is 12.0. The number of ketones is 1. The average molecular weight is 354 g/mol. The number of anilines is 1. The number of Topliss-reactive ketones (excluding diaryl/α,β-unsaturated/α-hetero) is 1. The van der Waals surface area contributed by atoms with Gasteiger partial charge in [0.1, 0.15) is 11.5 Å². The summed E-state index contributed by atoms with van der Waals surface area (Å²) in [6, 6.07) is 10.9. The molecule has 1 amide bonds. The number of nitrogens with one attached hydrogen (secondary N) is 1. The van der Waals surface area contributed by atoms with E-state index in [4.69, 9.17) is 4.42 Å². The number of carbonyl (C=O) groups is 2. The van der Waals surface area contributed by atoms with Crippen molar-refractivity contribution in [1.82, 2.24) is 4.98 Å². The van der Waals surface area contributed by atoms with Crippen LogP contribution in [0.4, 0.5) is 5.13 Å². The lowest BCUT2D eigenvalue weighted by Crippen LogP contribution is -2.13. The Bertz CT molecular complexity index is 897. The van der Waals surface area contributed by atoms with E-state index in [-0.39, 0.29) is 24.5 Å². The first-order valence-electron chi connectivity index (χ1n) is 7.94. The number of thiazole rings is 1. The molecule has 3 rings (SSSR count). The molecule has 1 aromatic carbocycles. The first-order valence-corrected chi connectivity index (χ1v) is 8.82. The van der Waals surface area contributed by atoms with Gasteiger partial charge < -0.3 is 9.73 Å². The van der Waals surface area contributed by atoms with Crippen molar-refractivity contribution < 1.29 is 14.0 Å². The topological polar surface area (TPSA) is 72.2 Å². The Hall–Kier alpha value is -2.73. The summed E-state index contributed by atoms with van der Waals surface area (Å²) in [6.45, 7) is 3.77. The highest BCUT2D eigenvalue weighted by Gasteiger charge is 2.14. The number of amides is 1. The summed E-state index contributed by atoms with van der Waals surface area (Å²) in [5.41, 5.74) is 2.32. The molecule has 0 aliphatic carbocycles. The predicted molar refractivity (Wildman–Crippen MR) is 97.9 cm³/mol. The molecule has 1 N–H and O–H groups in total. The second-order valence-corrected chi connectivity index (χ2v) is 6.56. The molecule has 0 saturated carbocycles. The summed E-state index contributed by atoms with van der Waals surface area (Å²) in [4.78, 5) is 28.5. The Balaban J connectivity index is 1.57. The lowest BCUT2D eigenvalue weighted by molar-refractivity contribution is -0.116. The molecule has 0 fully saturated rings. The zero-order chi connectivity index (χ0) is 17.8. The summed E-state index contributed by atoms with van der Waals surface area (Å²) in [5.74, 6) is 1.37. The van der Waals surface area contributed by atoms with E-state index in [0.717, 1.165) is 22.8 Å². The number of nitrogens with zero attached hydrogens (tertiary/aromatic N) is 1. The van der Waals surface area contributed by atoms with E-state index in [9.17, 15) is 9.59 Å². The number of rotatable bonds is 6. The highest BCUT2D eigenvalue weighted by atomic mass is 32.1. The maximum absolute atomic E-state index is 12.0. The molecule has 0 unspecified atom stereocenters. The second kappa shape index (κ2) is 7.44. The molecule has 0 saturated heterocycles. The second-order valence-electron chi connectivity index (χ2n) is 5.70. The van der Waals surface area contributed by atoms with Crippen molar-refractivity contribution in [1.29, 1.82) is 0 Å². The van der Waals surface area contributed by atoms with Gasteiger partial charge in [0.15, 0.2) is 10.9 Å². The standard InChI is InChI=1S/C19H18N2O3S/c1-12-10-15(13(2)24-12)16-11-25-19(20-16)21-18(23)9-8-17(22)14-6-4-3-5-7-14/h3-7,10-11H,8-9H2,1-2H3,(H,20,21,23). The van der Waals surface area contributed by atoms with Gasteiger partial charge in [-0.05, 0) is 19.9 Å². The summed E-state index contributed by atoms with van der Waals surface area (Å²) in [6.07, 6.45) is 0.306. The largest absolute Gasteiger partial charge is 0.466 e. The average Bonchev–Trinajstić information content (AvgIpc) is 3.19. The van der Waals surface area contributed by atoms with E-state index in [0.29, 0.717) is 10.7 Å². The maximum Gasteiger partial charge on any atom is 0.226 e. The van der Waals surface area contributed by atoms with Crippen molar-refractivity contribution in [2.24, 2.45) is 0 Å². The molecule has 128 valence electrons. The molecule has 0 spiro atoms. The predicted octanol–water partition coefficient (Wildman–Crippen LogP) is 4.62. The van der Waals surface area contributed by atoms with Crippen molar-refractivity contribution in [2.45, 2.75) is 26.7 Å². The molecule has 2 heterocycles. The minimum atomic E-state index is -0.217. The van der Waals surface area contributed by atoms with Crippen LogP contribution in [0.1, 0.15) is 34.7 Å². The van der Waals surface area contributed by atoms with Gasteiger partial charge in [0, 0.05) is 29.3 Å². The summed E-state index contributed by atoms with van der Waals surface area (Å²) in [7, 11) is 0. The van der Waals surface area contributed by atoms with Crippen molar-refractivity contribution in [2.75, 3.05) is 5.32 Å². The summed E-state index contributed by atoms with van der Waals surface area (Å²) >= 11 is 1.35. The van der Waals surface area contributed by atoms with E-state index in [2.05, 4.69) is 10.3 Å². The van der Waals surface area contributed by atoms with Gasteiger partial charge in [0.25, 0.3) is 0 Å². The van der Waals surface area contributed by atoms with Crippen LogP contribution in [0.2, 0.25) is 0 Å². The molecule has 0 radical (unpaired) electrons. The van der Waals surface area contributed by atoms with Crippen LogP contribution in [0.3, 0.4) is 0 Å². The molecular formula is C19H18N2O3S. The number of furan rings is 1. The monoisotopic (exact) mass is 354 g/mol. The molecule has 3 aromatic rings. The molecule has 25 heavy (non-hydrogen) atoms. The molecule has 6 heteroatoms. The Morgan fingerprint density at radius 2 is 1.92 bits per heavy atom. The third-order valence-electron chi connectivity index (χ3n) is 3.74. The normalized spacial score (nSPS) is 10.6. The van der Waals surface area contributed by atoms with Crippen LogP contribution >= 0.6 is 11.3 Å². The van der Waals surface area contributed by atoms with Crippen LogP contribution in [-0.2, 0) is 4.79 Å². The highest BCUT2D eigenvalue weighted by Crippen LogP contribution is 2.29. The van der Waals surface area contributed by atoms with E-state index in [1.54, 1.807) is 12.1 Å². The molecule has 0 bridgehead atoms. The highest BCUT2D eigenvalue weighted by molar-refractivity contribution is 7.14. The number of hydrogen-bond acceptors (Lipinski definition) is 5.